The molecular formula is C31H38N4O7S. The number of ether oxygens (including phenoxy) is 3. The van der Waals surface area contributed by atoms with Gasteiger partial charge in [-0.2, -0.15) is 11.8 Å². The van der Waals surface area contributed by atoms with Crippen molar-refractivity contribution in [2.45, 2.75) is 19.8 Å². The summed E-state index contributed by atoms with van der Waals surface area (Å²) < 4.78 is 16.2. The van der Waals surface area contributed by atoms with Crippen LogP contribution in [0.2, 0.25) is 0 Å². The van der Waals surface area contributed by atoms with Gasteiger partial charge < -0.3 is 24.4 Å². The second-order valence-electron chi connectivity index (χ2n) is 10.2. The highest BCUT2D eigenvalue weighted by Crippen LogP contribution is 2.40. The summed E-state index contributed by atoms with van der Waals surface area (Å²) in [6.07, 6.45) is 0. The average molecular weight is 611 g/mol. The molecule has 0 aliphatic carbocycles. The van der Waals surface area contributed by atoms with E-state index in [2.05, 4.69) is 21.2 Å². The summed E-state index contributed by atoms with van der Waals surface area (Å²) in [6.45, 7) is 8.34. The van der Waals surface area contributed by atoms with Crippen molar-refractivity contribution < 1.29 is 28.7 Å². The largest absolute Gasteiger partial charge is 0.495 e. The predicted octanol–water partition coefficient (Wildman–Crippen LogP) is 4.11. The van der Waals surface area contributed by atoms with E-state index in [1.165, 1.54) is 25.3 Å². The summed E-state index contributed by atoms with van der Waals surface area (Å²) in [4.78, 5) is 41.9. The quantitative estimate of drug-likeness (QED) is 0.162. The third kappa shape index (κ3) is 7.68. The number of esters is 2. The molecule has 0 amide bonds. The van der Waals surface area contributed by atoms with Crippen LogP contribution < -0.4 is 15.0 Å². The molecule has 43 heavy (non-hydrogen) atoms. The van der Waals surface area contributed by atoms with E-state index in [0.29, 0.717) is 22.7 Å². The van der Waals surface area contributed by atoms with E-state index in [9.17, 15) is 19.7 Å². The van der Waals surface area contributed by atoms with Crippen LogP contribution >= 0.6 is 11.8 Å². The Bertz CT molecular complexity index is 1400. The number of benzene rings is 2. The molecule has 0 bridgehead atoms. The first kappa shape index (κ1) is 31.9. The van der Waals surface area contributed by atoms with Crippen LogP contribution in [-0.2, 0) is 19.1 Å². The van der Waals surface area contributed by atoms with Crippen LogP contribution in [-0.4, -0.2) is 86.8 Å². The zero-order valence-corrected chi connectivity index (χ0v) is 25.8. The number of para-hydroxylation sites is 2. The molecule has 2 heterocycles. The number of piperazine rings is 1. The fraction of sp³-hybridized carbons (Fsp3) is 0.419. The number of carbonyl (C=O) groups is 2. The smallest absolute Gasteiger partial charge is 0.336 e. The molecule has 0 spiro atoms. The van der Waals surface area contributed by atoms with E-state index in [4.69, 9.17) is 14.2 Å². The lowest BCUT2D eigenvalue weighted by Crippen LogP contribution is -2.47. The summed E-state index contributed by atoms with van der Waals surface area (Å²) in [5, 5.41) is 14.5. The lowest BCUT2D eigenvalue weighted by atomic mass is 9.80. The van der Waals surface area contributed by atoms with Crippen LogP contribution in [0.25, 0.3) is 0 Å². The number of thioether (sulfide) groups is 1. The number of anilines is 1. The van der Waals surface area contributed by atoms with E-state index in [-0.39, 0.29) is 23.4 Å². The number of methoxy groups -OCH3 is 2. The van der Waals surface area contributed by atoms with Crippen LogP contribution in [0.15, 0.2) is 71.1 Å². The van der Waals surface area contributed by atoms with Gasteiger partial charge >= 0.3 is 11.9 Å². The second kappa shape index (κ2) is 14.9. The Kier molecular flexibility index (Phi) is 11.1. The Labute approximate surface area is 256 Å². The molecular weight excluding hydrogens is 572 g/mol. The van der Waals surface area contributed by atoms with Crippen molar-refractivity contribution in [1.82, 2.24) is 10.2 Å². The molecule has 230 valence electrons. The molecule has 4 rings (SSSR count). The zero-order valence-electron chi connectivity index (χ0n) is 25.0. The minimum absolute atomic E-state index is 0.138. The summed E-state index contributed by atoms with van der Waals surface area (Å²) in [5.74, 6) is 0.332. The molecule has 1 saturated heterocycles. The van der Waals surface area contributed by atoms with Crippen LogP contribution in [0.1, 0.15) is 25.3 Å². The zero-order chi connectivity index (χ0) is 30.9. The van der Waals surface area contributed by atoms with E-state index < -0.39 is 22.8 Å². The first-order chi connectivity index (χ1) is 20.7. The number of allylic oxidation sites excluding steroid dienone is 2. The maximum atomic E-state index is 13.4. The van der Waals surface area contributed by atoms with Gasteiger partial charge in [-0.05, 0) is 31.5 Å². The normalized spacial score (nSPS) is 17.4. The fourth-order valence-electron chi connectivity index (χ4n) is 5.47. The molecule has 0 saturated carbocycles. The topological polar surface area (TPSA) is 123 Å². The first-order valence-corrected chi connectivity index (χ1v) is 15.3. The molecule has 2 aromatic carbocycles. The molecule has 2 aliphatic rings. The Morgan fingerprint density at radius 2 is 1.67 bits per heavy atom. The molecule has 1 N–H and O–H groups in total. The van der Waals surface area contributed by atoms with Crippen molar-refractivity contribution in [3.05, 3.63) is 86.7 Å². The molecule has 0 radical (unpaired) electrons. The average Bonchev–Trinajstić information content (AvgIpc) is 3.02. The van der Waals surface area contributed by atoms with Gasteiger partial charge in [0.15, 0.2) is 0 Å². The van der Waals surface area contributed by atoms with E-state index in [0.717, 1.165) is 49.9 Å². The van der Waals surface area contributed by atoms with Gasteiger partial charge in [-0.25, -0.2) is 9.59 Å². The molecule has 1 atom stereocenters. The van der Waals surface area contributed by atoms with Gasteiger partial charge in [-0.15, -0.1) is 0 Å². The number of nitro groups is 1. The van der Waals surface area contributed by atoms with Gasteiger partial charge in [-0.1, -0.05) is 24.3 Å². The van der Waals surface area contributed by atoms with Crippen LogP contribution in [0, 0.1) is 10.1 Å². The highest BCUT2D eigenvalue weighted by molar-refractivity contribution is 7.99. The molecule has 0 aromatic heterocycles. The Hall–Kier alpha value is -4.03. The minimum Gasteiger partial charge on any atom is -0.495 e. The first-order valence-electron chi connectivity index (χ1n) is 14.1. The van der Waals surface area contributed by atoms with Gasteiger partial charge in [0.25, 0.3) is 5.69 Å². The number of carbonyl (C=O) groups excluding carboxylic acids is 2. The monoisotopic (exact) mass is 610 g/mol. The van der Waals surface area contributed by atoms with Gasteiger partial charge in [0.05, 0.1) is 41.9 Å². The highest BCUT2D eigenvalue weighted by atomic mass is 32.2. The van der Waals surface area contributed by atoms with Gasteiger partial charge in [0.2, 0.25) is 0 Å². The standard InChI is InChI=1S/C31H38N4O7S/c1-21-27(30(36)41-4)29(23-8-7-9-24(20-23)35(38)39)28(22(2)32-21)31(37)42-17-19-43-18-16-33-12-14-34(15-13-33)25-10-5-6-11-26(25)40-3/h5-11,20,29,32H,12-19H2,1-4H3. The van der Waals surface area contributed by atoms with Crippen LogP contribution in [0.3, 0.4) is 0 Å². The SMILES string of the molecule is COC(=O)C1=C(C)NC(C)=C(C(=O)OCCSCCN2CCN(c3ccccc3OC)CC2)C1c1cccc([N+](=O)[O-])c1. The summed E-state index contributed by atoms with van der Waals surface area (Å²) in [6, 6.07) is 14.0. The van der Waals surface area contributed by atoms with E-state index in [1.807, 2.05) is 18.2 Å². The van der Waals surface area contributed by atoms with Crippen molar-refractivity contribution in [3.8, 4) is 5.75 Å². The maximum Gasteiger partial charge on any atom is 0.336 e. The molecule has 2 aliphatic heterocycles. The third-order valence-corrected chi connectivity index (χ3v) is 8.54. The van der Waals surface area contributed by atoms with Crippen molar-refractivity contribution in [2.75, 3.05) is 70.0 Å². The van der Waals surface area contributed by atoms with Crippen LogP contribution in [0.5, 0.6) is 5.75 Å². The van der Waals surface area contributed by atoms with Gasteiger partial charge in [0, 0.05) is 67.8 Å². The second-order valence-corrected chi connectivity index (χ2v) is 11.5. The van der Waals surface area contributed by atoms with Gasteiger partial charge in [-0.3, -0.25) is 15.0 Å². The Balaban J connectivity index is 1.30. The number of hydrogen-bond acceptors (Lipinski definition) is 11. The summed E-state index contributed by atoms with van der Waals surface area (Å²) >= 11 is 1.71. The van der Waals surface area contributed by atoms with E-state index >= 15 is 0 Å². The molecule has 2 aromatic rings. The lowest BCUT2D eigenvalue weighted by Gasteiger charge is -2.36. The number of hydrogen-bond donors (Lipinski definition) is 1. The fourth-order valence-corrected chi connectivity index (χ4v) is 6.26. The maximum absolute atomic E-state index is 13.4. The van der Waals surface area contributed by atoms with Crippen LogP contribution in [0.4, 0.5) is 11.4 Å². The van der Waals surface area contributed by atoms with Crippen molar-refractivity contribution in [1.29, 1.82) is 0 Å². The van der Waals surface area contributed by atoms with Crippen molar-refractivity contribution in [3.63, 3.8) is 0 Å². The Morgan fingerprint density at radius 1 is 0.977 bits per heavy atom. The molecule has 1 unspecified atom stereocenters. The number of dihydropyridines is 1. The van der Waals surface area contributed by atoms with Gasteiger partial charge in [0.1, 0.15) is 12.4 Å². The number of rotatable bonds is 12. The number of non-ortho nitro benzene ring substituents is 1. The lowest BCUT2D eigenvalue weighted by molar-refractivity contribution is -0.384. The minimum atomic E-state index is -0.872. The van der Waals surface area contributed by atoms with Crippen molar-refractivity contribution >= 4 is 35.1 Å². The Morgan fingerprint density at radius 3 is 2.35 bits per heavy atom. The summed E-state index contributed by atoms with van der Waals surface area (Å²) in [5.41, 5.74) is 2.88. The number of nitrogens with zero attached hydrogens (tertiary/aromatic N) is 3. The third-order valence-electron chi connectivity index (χ3n) is 7.61. The number of nitrogens with one attached hydrogen (secondary N) is 1. The number of nitro benzene ring substituents is 1. The molecule has 12 heteroatoms. The highest BCUT2D eigenvalue weighted by Gasteiger charge is 2.38. The van der Waals surface area contributed by atoms with Crippen molar-refractivity contribution in [2.24, 2.45) is 0 Å². The molecule has 1 fully saturated rings. The molecule has 11 nitrogen and oxygen atoms in total. The van der Waals surface area contributed by atoms with E-state index in [1.54, 1.807) is 38.8 Å². The predicted molar refractivity (Wildman–Crippen MR) is 166 cm³/mol. The summed E-state index contributed by atoms with van der Waals surface area (Å²) in [7, 11) is 2.95.